The first-order valence-corrected chi connectivity index (χ1v) is 5.10. The Morgan fingerprint density at radius 3 is 2.50 bits per heavy atom. The highest BCUT2D eigenvalue weighted by molar-refractivity contribution is 6.29. The van der Waals surface area contributed by atoms with E-state index in [0.29, 0.717) is 10.6 Å². The molecule has 2 rings (SSSR count). The second kappa shape index (κ2) is 3.09. The van der Waals surface area contributed by atoms with Crippen molar-refractivity contribution in [1.29, 1.82) is 0 Å². The molecule has 0 spiro atoms. The summed E-state index contributed by atoms with van der Waals surface area (Å²) in [7, 11) is 0. The van der Waals surface area contributed by atoms with Crippen LogP contribution in [0, 0.1) is 12.3 Å². The third-order valence-electron chi connectivity index (χ3n) is 2.35. The van der Waals surface area contributed by atoms with E-state index < -0.39 is 0 Å². The van der Waals surface area contributed by atoms with Gasteiger partial charge in [0, 0.05) is 19.2 Å². The van der Waals surface area contributed by atoms with Crippen molar-refractivity contribution >= 4 is 17.4 Å². The number of hydrogen-bond donors (Lipinski definition) is 0. The molecule has 3 nitrogen and oxygen atoms in total. The number of halogens is 1. The van der Waals surface area contributed by atoms with Crippen molar-refractivity contribution in [3.63, 3.8) is 0 Å². The monoisotopic (exact) mass is 211 g/mol. The fourth-order valence-electron chi connectivity index (χ4n) is 1.83. The van der Waals surface area contributed by atoms with Crippen LogP contribution in [0.4, 0.5) is 5.82 Å². The quantitative estimate of drug-likeness (QED) is 0.668. The number of hydrogen-bond acceptors (Lipinski definition) is 3. The Labute approximate surface area is 89.1 Å². The molecule has 2 heterocycles. The van der Waals surface area contributed by atoms with E-state index in [1.54, 1.807) is 0 Å². The van der Waals surface area contributed by atoms with E-state index in [4.69, 9.17) is 11.6 Å². The minimum atomic E-state index is 0.408. The Kier molecular flexibility index (Phi) is 2.14. The average molecular weight is 212 g/mol. The Morgan fingerprint density at radius 2 is 2.00 bits per heavy atom. The van der Waals surface area contributed by atoms with Gasteiger partial charge in [-0.1, -0.05) is 25.4 Å². The van der Waals surface area contributed by atoms with E-state index >= 15 is 0 Å². The molecule has 1 aliphatic heterocycles. The van der Waals surface area contributed by atoms with E-state index in [1.807, 2.05) is 13.0 Å². The highest BCUT2D eigenvalue weighted by atomic mass is 35.5. The maximum absolute atomic E-state index is 5.87. The molecule has 76 valence electrons. The van der Waals surface area contributed by atoms with E-state index in [-0.39, 0.29) is 0 Å². The third kappa shape index (κ3) is 1.82. The molecule has 0 radical (unpaired) electrons. The Balaban J connectivity index is 2.18. The van der Waals surface area contributed by atoms with Crippen LogP contribution in [0.15, 0.2) is 6.07 Å². The lowest BCUT2D eigenvalue weighted by atomic mass is 9.84. The molecule has 14 heavy (non-hydrogen) atoms. The fraction of sp³-hybridized carbons (Fsp3) is 0.600. The summed E-state index contributed by atoms with van der Waals surface area (Å²) in [6, 6.07) is 1.82. The second-order valence-corrected chi connectivity index (χ2v) is 5.00. The summed E-state index contributed by atoms with van der Waals surface area (Å²) in [5, 5.41) is 0.525. The number of aromatic nitrogens is 2. The minimum Gasteiger partial charge on any atom is -0.355 e. The normalized spacial score (nSPS) is 19.3. The summed E-state index contributed by atoms with van der Waals surface area (Å²) >= 11 is 5.87. The molecule has 1 aliphatic rings. The third-order valence-corrected chi connectivity index (χ3v) is 2.55. The van der Waals surface area contributed by atoms with Crippen molar-refractivity contribution in [2.45, 2.75) is 20.8 Å². The summed E-state index contributed by atoms with van der Waals surface area (Å²) in [6.07, 6.45) is 0. The van der Waals surface area contributed by atoms with Gasteiger partial charge in [0.1, 0.15) is 16.8 Å². The molecule has 4 heteroatoms. The molecule has 0 N–H and O–H groups in total. The zero-order valence-electron chi connectivity index (χ0n) is 8.71. The molecule has 0 aliphatic carbocycles. The standard InChI is InChI=1S/C10H14ClN3/c1-7-12-8(11)4-9(13-7)14-5-10(2,3)6-14/h4H,5-6H2,1-3H3. The van der Waals surface area contributed by atoms with Crippen molar-refractivity contribution in [1.82, 2.24) is 9.97 Å². The largest absolute Gasteiger partial charge is 0.355 e. The van der Waals surface area contributed by atoms with Crippen LogP contribution in [-0.4, -0.2) is 23.1 Å². The van der Waals surface area contributed by atoms with Crippen LogP contribution in [0.2, 0.25) is 5.15 Å². The zero-order valence-corrected chi connectivity index (χ0v) is 9.47. The number of anilines is 1. The molecule has 0 unspecified atom stereocenters. The maximum atomic E-state index is 5.87. The van der Waals surface area contributed by atoms with Gasteiger partial charge in [-0.2, -0.15) is 0 Å². The van der Waals surface area contributed by atoms with Gasteiger partial charge < -0.3 is 4.90 Å². The van der Waals surface area contributed by atoms with Crippen LogP contribution < -0.4 is 4.90 Å². The molecule has 0 atom stereocenters. The predicted molar refractivity (Wildman–Crippen MR) is 57.8 cm³/mol. The van der Waals surface area contributed by atoms with Gasteiger partial charge in [0.2, 0.25) is 0 Å². The maximum Gasteiger partial charge on any atom is 0.134 e. The van der Waals surface area contributed by atoms with Crippen LogP contribution >= 0.6 is 11.6 Å². The molecule has 1 aromatic heterocycles. The minimum absolute atomic E-state index is 0.408. The number of rotatable bonds is 1. The van der Waals surface area contributed by atoms with Crippen LogP contribution in [0.25, 0.3) is 0 Å². The predicted octanol–water partition coefficient (Wildman–Crippen LogP) is 2.28. The molecular formula is C10H14ClN3. The first-order chi connectivity index (χ1) is 6.46. The van der Waals surface area contributed by atoms with Gasteiger partial charge in [-0.25, -0.2) is 9.97 Å². The smallest absolute Gasteiger partial charge is 0.134 e. The molecular weight excluding hydrogens is 198 g/mol. The lowest BCUT2D eigenvalue weighted by Crippen LogP contribution is -2.53. The van der Waals surface area contributed by atoms with E-state index in [2.05, 4.69) is 28.7 Å². The molecule has 1 aromatic rings. The van der Waals surface area contributed by atoms with E-state index in [0.717, 1.165) is 24.7 Å². The van der Waals surface area contributed by atoms with Gasteiger partial charge in [-0.3, -0.25) is 0 Å². The first kappa shape index (κ1) is 9.71. The molecule has 0 amide bonds. The second-order valence-electron chi connectivity index (χ2n) is 4.62. The molecule has 0 bridgehead atoms. The summed E-state index contributed by atoms with van der Waals surface area (Å²) in [5.74, 6) is 1.68. The van der Waals surface area contributed by atoms with Crippen molar-refractivity contribution < 1.29 is 0 Å². The van der Waals surface area contributed by atoms with Crippen LogP contribution in [0.3, 0.4) is 0 Å². The Morgan fingerprint density at radius 1 is 1.36 bits per heavy atom. The summed E-state index contributed by atoms with van der Waals surface area (Å²) < 4.78 is 0. The number of nitrogens with zero attached hydrogens (tertiary/aromatic N) is 3. The average Bonchev–Trinajstić information content (AvgIpc) is 1.97. The van der Waals surface area contributed by atoms with Gasteiger partial charge in [-0.05, 0) is 12.3 Å². The van der Waals surface area contributed by atoms with Crippen LogP contribution in [-0.2, 0) is 0 Å². The highest BCUT2D eigenvalue weighted by Crippen LogP contribution is 2.32. The van der Waals surface area contributed by atoms with Gasteiger partial charge in [0.05, 0.1) is 0 Å². The van der Waals surface area contributed by atoms with E-state index in [9.17, 15) is 0 Å². The number of aryl methyl sites for hydroxylation is 1. The van der Waals surface area contributed by atoms with Gasteiger partial charge in [0.15, 0.2) is 0 Å². The fourth-order valence-corrected chi connectivity index (χ4v) is 2.05. The van der Waals surface area contributed by atoms with Crippen molar-refractivity contribution in [2.75, 3.05) is 18.0 Å². The zero-order chi connectivity index (χ0) is 10.3. The van der Waals surface area contributed by atoms with Crippen LogP contribution in [0.1, 0.15) is 19.7 Å². The Hall–Kier alpha value is -0.830. The summed E-state index contributed by atoms with van der Waals surface area (Å²) in [4.78, 5) is 10.6. The van der Waals surface area contributed by atoms with Crippen LogP contribution in [0.5, 0.6) is 0 Å². The first-order valence-electron chi connectivity index (χ1n) is 4.72. The highest BCUT2D eigenvalue weighted by Gasteiger charge is 2.35. The van der Waals surface area contributed by atoms with Crippen molar-refractivity contribution in [2.24, 2.45) is 5.41 Å². The van der Waals surface area contributed by atoms with Gasteiger partial charge in [0.25, 0.3) is 0 Å². The van der Waals surface area contributed by atoms with Gasteiger partial charge >= 0.3 is 0 Å². The topological polar surface area (TPSA) is 29.0 Å². The van der Waals surface area contributed by atoms with Crippen molar-refractivity contribution in [3.8, 4) is 0 Å². The lowest BCUT2D eigenvalue weighted by molar-refractivity contribution is 0.274. The SMILES string of the molecule is Cc1nc(Cl)cc(N2CC(C)(C)C2)n1. The molecule has 0 aromatic carbocycles. The molecule has 0 saturated carbocycles. The van der Waals surface area contributed by atoms with Crippen molar-refractivity contribution in [3.05, 3.63) is 17.0 Å². The molecule has 1 saturated heterocycles. The lowest BCUT2D eigenvalue weighted by Gasteiger charge is -2.46. The Bertz CT molecular complexity index is 334. The summed E-state index contributed by atoms with van der Waals surface area (Å²) in [6.45, 7) is 8.44. The van der Waals surface area contributed by atoms with Gasteiger partial charge in [-0.15, -0.1) is 0 Å². The van der Waals surface area contributed by atoms with E-state index in [1.165, 1.54) is 0 Å². The summed E-state index contributed by atoms with van der Waals surface area (Å²) in [5.41, 5.74) is 0.408. The molecule has 1 fully saturated rings.